The number of phenols is 1. The fourth-order valence-electron chi connectivity index (χ4n) is 1.19. The van der Waals surface area contributed by atoms with E-state index in [4.69, 9.17) is 5.73 Å². The monoisotopic (exact) mass is 212 g/mol. The van der Waals surface area contributed by atoms with Gasteiger partial charge in [0.15, 0.2) is 11.6 Å². The van der Waals surface area contributed by atoms with Crippen molar-refractivity contribution in [3.05, 3.63) is 29.8 Å². The molecule has 4 nitrogen and oxygen atoms in total. The van der Waals surface area contributed by atoms with Crippen molar-refractivity contribution >= 4 is 5.88 Å². The van der Waals surface area contributed by atoms with E-state index in [1.165, 1.54) is 6.07 Å². The summed E-state index contributed by atoms with van der Waals surface area (Å²) in [6, 6.07) is 3.04. The minimum Gasteiger partial charge on any atom is -0.507 e. The second-order valence-electron chi connectivity index (χ2n) is 2.87. The van der Waals surface area contributed by atoms with E-state index in [9.17, 15) is 13.9 Å². The minimum atomic E-state index is -1.19. The van der Waals surface area contributed by atoms with Gasteiger partial charge < -0.3 is 15.4 Å². The Morgan fingerprint density at radius 3 is 2.67 bits per heavy atom. The Balaban J connectivity index is 2.66. The third-order valence-corrected chi connectivity index (χ3v) is 1.86. The van der Waals surface area contributed by atoms with Crippen LogP contribution in [0, 0.1) is 11.6 Å². The Bertz CT molecular complexity index is 511. The zero-order valence-electron chi connectivity index (χ0n) is 7.37. The maximum Gasteiger partial charge on any atom is 0.222 e. The van der Waals surface area contributed by atoms with Gasteiger partial charge in [-0.25, -0.2) is 8.78 Å². The lowest BCUT2D eigenvalue weighted by Crippen LogP contribution is -1.90. The van der Waals surface area contributed by atoms with Crippen molar-refractivity contribution in [3.8, 4) is 17.0 Å². The summed E-state index contributed by atoms with van der Waals surface area (Å²) < 4.78 is 30.7. The van der Waals surface area contributed by atoms with Gasteiger partial charge in [0.05, 0.1) is 5.56 Å². The highest BCUT2D eigenvalue weighted by molar-refractivity contribution is 5.68. The SMILES string of the molecule is Nc1cc(-c2c(O)ccc(F)c2F)no1. The number of nitrogens with two attached hydrogens (primary N) is 1. The molecule has 0 saturated carbocycles. The van der Waals surface area contributed by atoms with E-state index in [2.05, 4.69) is 9.68 Å². The van der Waals surface area contributed by atoms with E-state index in [0.717, 1.165) is 12.1 Å². The van der Waals surface area contributed by atoms with Gasteiger partial charge in [0.2, 0.25) is 5.88 Å². The number of aromatic hydroxyl groups is 1. The molecular formula is C9H6F2N2O2. The molecule has 0 unspecified atom stereocenters. The van der Waals surface area contributed by atoms with Crippen LogP contribution >= 0.6 is 0 Å². The Morgan fingerprint density at radius 2 is 2.07 bits per heavy atom. The van der Waals surface area contributed by atoms with E-state index in [1.54, 1.807) is 0 Å². The van der Waals surface area contributed by atoms with Crippen LogP contribution in [0.3, 0.4) is 0 Å². The van der Waals surface area contributed by atoms with Crippen molar-refractivity contribution in [3.63, 3.8) is 0 Å². The van der Waals surface area contributed by atoms with Gasteiger partial charge in [0.25, 0.3) is 0 Å². The van der Waals surface area contributed by atoms with Gasteiger partial charge in [0.1, 0.15) is 11.4 Å². The van der Waals surface area contributed by atoms with Crippen molar-refractivity contribution in [1.29, 1.82) is 0 Å². The van der Waals surface area contributed by atoms with Crippen molar-refractivity contribution in [1.82, 2.24) is 5.16 Å². The molecule has 2 rings (SSSR count). The molecule has 2 aromatic rings. The van der Waals surface area contributed by atoms with Crippen molar-refractivity contribution in [2.24, 2.45) is 0 Å². The molecule has 0 bridgehead atoms. The molecular weight excluding hydrogens is 206 g/mol. The molecule has 1 aromatic carbocycles. The van der Waals surface area contributed by atoms with Crippen molar-refractivity contribution in [2.75, 3.05) is 5.73 Å². The van der Waals surface area contributed by atoms with E-state index in [0.29, 0.717) is 0 Å². The fourth-order valence-corrected chi connectivity index (χ4v) is 1.19. The van der Waals surface area contributed by atoms with Crippen LogP contribution in [0.25, 0.3) is 11.3 Å². The number of hydrogen-bond acceptors (Lipinski definition) is 4. The first-order chi connectivity index (χ1) is 7.09. The highest BCUT2D eigenvalue weighted by Crippen LogP contribution is 2.32. The van der Waals surface area contributed by atoms with Crippen LogP contribution in [0.5, 0.6) is 5.75 Å². The number of anilines is 1. The third-order valence-electron chi connectivity index (χ3n) is 1.86. The van der Waals surface area contributed by atoms with Crippen LogP contribution in [-0.4, -0.2) is 10.3 Å². The number of nitrogens with zero attached hydrogens (tertiary/aromatic N) is 1. The molecule has 0 aliphatic rings. The lowest BCUT2D eigenvalue weighted by molar-refractivity contribution is 0.433. The van der Waals surface area contributed by atoms with Crippen LogP contribution in [-0.2, 0) is 0 Å². The molecule has 0 aliphatic carbocycles. The Kier molecular flexibility index (Phi) is 2.03. The number of hydrogen-bond donors (Lipinski definition) is 2. The van der Waals surface area contributed by atoms with E-state index >= 15 is 0 Å². The Labute approximate surface area is 82.9 Å². The summed E-state index contributed by atoms with van der Waals surface area (Å²) in [5, 5.41) is 12.7. The van der Waals surface area contributed by atoms with Crippen molar-refractivity contribution in [2.45, 2.75) is 0 Å². The molecule has 0 radical (unpaired) electrons. The number of benzene rings is 1. The normalized spacial score (nSPS) is 10.5. The quantitative estimate of drug-likeness (QED) is 0.757. The number of nitrogen functional groups attached to an aromatic ring is 1. The second-order valence-corrected chi connectivity index (χ2v) is 2.87. The molecule has 0 aliphatic heterocycles. The van der Waals surface area contributed by atoms with Crippen LogP contribution in [0.15, 0.2) is 22.7 Å². The van der Waals surface area contributed by atoms with Gasteiger partial charge in [-0.05, 0) is 12.1 Å². The summed E-state index contributed by atoms with van der Waals surface area (Å²) in [6.07, 6.45) is 0. The van der Waals surface area contributed by atoms with E-state index in [1.807, 2.05) is 0 Å². The van der Waals surface area contributed by atoms with Gasteiger partial charge in [-0.3, -0.25) is 0 Å². The first-order valence-corrected chi connectivity index (χ1v) is 3.99. The van der Waals surface area contributed by atoms with E-state index < -0.39 is 17.4 Å². The average Bonchev–Trinajstić information content (AvgIpc) is 2.59. The second kappa shape index (κ2) is 3.23. The molecule has 0 fully saturated rings. The van der Waals surface area contributed by atoms with Gasteiger partial charge in [-0.2, -0.15) is 0 Å². The lowest BCUT2D eigenvalue weighted by atomic mass is 10.1. The zero-order valence-corrected chi connectivity index (χ0v) is 7.37. The van der Waals surface area contributed by atoms with Gasteiger partial charge >= 0.3 is 0 Å². The first-order valence-electron chi connectivity index (χ1n) is 3.99. The zero-order chi connectivity index (χ0) is 11.0. The summed E-state index contributed by atoms with van der Waals surface area (Å²) in [5.41, 5.74) is 4.81. The molecule has 0 amide bonds. The molecule has 1 aromatic heterocycles. The molecule has 6 heteroatoms. The highest BCUT2D eigenvalue weighted by Gasteiger charge is 2.18. The number of halogens is 2. The fraction of sp³-hybridized carbons (Fsp3) is 0. The largest absolute Gasteiger partial charge is 0.507 e. The molecule has 15 heavy (non-hydrogen) atoms. The topological polar surface area (TPSA) is 72.3 Å². The maximum atomic E-state index is 13.3. The summed E-state index contributed by atoms with van der Waals surface area (Å²) in [5.74, 6) is -2.75. The van der Waals surface area contributed by atoms with Gasteiger partial charge in [0, 0.05) is 6.07 Å². The summed E-state index contributed by atoms with van der Waals surface area (Å²) in [4.78, 5) is 0. The molecule has 1 heterocycles. The Hall–Kier alpha value is -2.11. The standard InChI is InChI=1S/C9H6F2N2O2/c10-4-1-2-6(14)8(9(4)11)5-3-7(12)15-13-5/h1-3,14H,12H2. The van der Waals surface area contributed by atoms with E-state index in [-0.39, 0.29) is 17.1 Å². The Morgan fingerprint density at radius 1 is 1.33 bits per heavy atom. The molecule has 0 atom stereocenters. The lowest BCUT2D eigenvalue weighted by Gasteiger charge is -2.02. The molecule has 0 spiro atoms. The predicted molar refractivity (Wildman–Crippen MR) is 47.9 cm³/mol. The maximum absolute atomic E-state index is 13.3. The summed E-state index contributed by atoms with van der Waals surface area (Å²) >= 11 is 0. The molecule has 0 saturated heterocycles. The third kappa shape index (κ3) is 1.50. The van der Waals surface area contributed by atoms with Crippen LogP contribution in [0.2, 0.25) is 0 Å². The molecule has 78 valence electrons. The predicted octanol–water partition coefficient (Wildman–Crippen LogP) is 1.91. The smallest absolute Gasteiger partial charge is 0.222 e. The minimum absolute atomic E-state index is 0.0481. The van der Waals surface area contributed by atoms with Crippen LogP contribution in [0.4, 0.5) is 14.7 Å². The van der Waals surface area contributed by atoms with Gasteiger partial charge in [-0.1, -0.05) is 5.16 Å². The number of rotatable bonds is 1. The summed E-state index contributed by atoms with van der Waals surface area (Å²) in [6.45, 7) is 0. The van der Waals surface area contributed by atoms with Gasteiger partial charge in [-0.15, -0.1) is 0 Å². The number of phenolic OH excluding ortho intramolecular Hbond substituents is 1. The van der Waals surface area contributed by atoms with Crippen molar-refractivity contribution < 1.29 is 18.4 Å². The van der Waals surface area contributed by atoms with Crippen LogP contribution in [0.1, 0.15) is 0 Å². The highest BCUT2D eigenvalue weighted by atomic mass is 19.2. The average molecular weight is 212 g/mol. The molecule has 3 N–H and O–H groups in total. The van der Waals surface area contributed by atoms with Crippen LogP contribution < -0.4 is 5.73 Å². The number of aromatic nitrogens is 1. The first kappa shape index (κ1) is 9.45. The summed E-state index contributed by atoms with van der Waals surface area (Å²) in [7, 11) is 0.